The van der Waals surface area contributed by atoms with Crippen molar-refractivity contribution < 1.29 is 9.84 Å². The van der Waals surface area contributed by atoms with E-state index >= 15 is 0 Å². The van der Waals surface area contributed by atoms with E-state index in [0.29, 0.717) is 6.42 Å². The maximum Gasteiger partial charge on any atom is 0.0912 e. The van der Waals surface area contributed by atoms with Gasteiger partial charge in [0.25, 0.3) is 0 Å². The van der Waals surface area contributed by atoms with Gasteiger partial charge in [0.05, 0.1) is 19.0 Å². The standard InChI is InChI=1S/C10H12O2S/c11-10(8-3-4-12-7-8)6-9-2-1-5-13-9/h1-2,5,7,10-11H,3-4,6H2. The maximum atomic E-state index is 9.78. The Kier molecular flexibility index (Phi) is 2.66. The van der Waals surface area contributed by atoms with Crippen molar-refractivity contribution in [1.82, 2.24) is 0 Å². The molecule has 3 heteroatoms. The van der Waals surface area contributed by atoms with E-state index in [0.717, 1.165) is 18.6 Å². The third-order valence-electron chi connectivity index (χ3n) is 2.15. The molecule has 0 saturated heterocycles. The SMILES string of the molecule is OC(Cc1cccs1)C1=COCC1. The molecule has 0 fully saturated rings. The monoisotopic (exact) mass is 196 g/mol. The summed E-state index contributed by atoms with van der Waals surface area (Å²) in [7, 11) is 0. The maximum absolute atomic E-state index is 9.78. The molecule has 0 bridgehead atoms. The predicted molar refractivity (Wildman–Crippen MR) is 52.7 cm³/mol. The van der Waals surface area contributed by atoms with Crippen molar-refractivity contribution in [2.75, 3.05) is 6.61 Å². The van der Waals surface area contributed by atoms with Gasteiger partial charge in [0.1, 0.15) is 0 Å². The molecule has 2 heterocycles. The second-order valence-corrected chi connectivity index (χ2v) is 4.15. The molecule has 1 atom stereocenters. The molecule has 0 amide bonds. The van der Waals surface area contributed by atoms with E-state index < -0.39 is 0 Å². The molecule has 0 radical (unpaired) electrons. The molecule has 0 aliphatic carbocycles. The number of rotatable bonds is 3. The lowest BCUT2D eigenvalue weighted by atomic mass is 10.1. The molecule has 0 aromatic carbocycles. The molecule has 1 aromatic rings. The van der Waals surface area contributed by atoms with Crippen LogP contribution in [0.4, 0.5) is 0 Å². The fraction of sp³-hybridized carbons (Fsp3) is 0.400. The van der Waals surface area contributed by atoms with Gasteiger partial charge in [-0.25, -0.2) is 0 Å². The van der Waals surface area contributed by atoms with Crippen LogP contribution in [0.1, 0.15) is 11.3 Å². The number of ether oxygens (including phenoxy) is 1. The van der Waals surface area contributed by atoms with E-state index in [4.69, 9.17) is 4.74 Å². The Hall–Kier alpha value is -0.800. The fourth-order valence-electron chi connectivity index (χ4n) is 1.40. The Morgan fingerprint density at radius 1 is 1.62 bits per heavy atom. The Balaban J connectivity index is 1.95. The second-order valence-electron chi connectivity index (χ2n) is 3.11. The van der Waals surface area contributed by atoms with Gasteiger partial charge in [-0.3, -0.25) is 0 Å². The van der Waals surface area contributed by atoms with E-state index in [1.54, 1.807) is 17.6 Å². The first kappa shape index (κ1) is 8.78. The summed E-state index contributed by atoms with van der Waals surface area (Å²) in [5.74, 6) is 0. The van der Waals surface area contributed by atoms with Crippen molar-refractivity contribution in [3.8, 4) is 0 Å². The number of thiophene rings is 1. The molecule has 2 rings (SSSR count). The summed E-state index contributed by atoms with van der Waals surface area (Å²) in [6.07, 6.45) is 2.92. The molecule has 0 saturated carbocycles. The average molecular weight is 196 g/mol. The van der Waals surface area contributed by atoms with Gasteiger partial charge in [-0.1, -0.05) is 6.07 Å². The van der Waals surface area contributed by atoms with Crippen LogP contribution in [0.5, 0.6) is 0 Å². The summed E-state index contributed by atoms with van der Waals surface area (Å²) in [5.41, 5.74) is 1.02. The third-order valence-corrected chi connectivity index (χ3v) is 3.04. The van der Waals surface area contributed by atoms with E-state index in [9.17, 15) is 5.11 Å². The Morgan fingerprint density at radius 3 is 3.15 bits per heavy atom. The summed E-state index contributed by atoms with van der Waals surface area (Å²) in [4.78, 5) is 1.22. The van der Waals surface area contributed by atoms with Gasteiger partial charge >= 0.3 is 0 Å². The van der Waals surface area contributed by atoms with Gasteiger partial charge in [-0.15, -0.1) is 11.3 Å². The van der Waals surface area contributed by atoms with Crippen LogP contribution in [0.3, 0.4) is 0 Å². The van der Waals surface area contributed by atoms with Crippen LogP contribution in [-0.4, -0.2) is 17.8 Å². The minimum atomic E-state index is -0.360. The van der Waals surface area contributed by atoms with Gasteiger partial charge in [-0.05, 0) is 17.0 Å². The van der Waals surface area contributed by atoms with Crippen LogP contribution in [0.2, 0.25) is 0 Å². The molecule has 1 aromatic heterocycles. The highest BCUT2D eigenvalue weighted by Crippen LogP contribution is 2.20. The molecule has 2 nitrogen and oxygen atoms in total. The number of aliphatic hydroxyl groups excluding tert-OH is 1. The third kappa shape index (κ3) is 2.11. The number of aliphatic hydroxyl groups is 1. The quantitative estimate of drug-likeness (QED) is 0.800. The molecule has 1 aliphatic rings. The smallest absolute Gasteiger partial charge is 0.0912 e. The number of hydrogen-bond acceptors (Lipinski definition) is 3. The molecule has 1 aliphatic heterocycles. The van der Waals surface area contributed by atoms with E-state index in [1.807, 2.05) is 17.5 Å². The highest BCUT2D eigenvalue weighted by atomic mass is 32.1. The van der Waals surface area contributed by atoms with Crippen LogP contribution in [-0.2, 0) is 11.2 Å². The van der Waals surface area contributed by atoms with Gasteiger partial charge in [-0.2, -0.15) is 0 Å². The molecule has 1 unspecified atom stereocenters. The molecule has 1 N–H and O–H groups in total. The van der Waals surface area contributed by atoms with Gasteiger partial charge in [0.15, 0.2) is 0 Å². The highest BCUT2D eigenvalue weighted by molar-refractivity contribution is 7.09. The first-order chi connectivity index (χ1) is 6.36. The van der Waals surface area contributed by atoms with Crippen LogP contribution in [0.15, 0.2) is 29.3 Å². The zero-order valence-electron chi connectivity index (χ0n) is 7.27. The van der Waals surface area contributed by atoms with Crippen molar-refractivity contribution in [2.24, 2.45) is 0 Å². The zero-order chi connectivity index (χ0) is 9.10. The van der Waals surface area contributed by atoms with E-state index in [1.165, 1.54) is 4.88 Å². The summed E-state index contributed by atoms with van der Waals surface area (Å²) in [5, 5.41) is 11.8. The Morgan fingerprint density at radius 2 is 2.54 bits per heavy atom. The second kappa shape index (κ2) is 3.94. The van der Waals surface area contributed by atoms with Crippen molar-refractivity contribution >= 4 is 11.3 Å². The van der Waals surface area contributed by atoms with Crippen molar-refractivity contribution in [2.45, 2.75) is 18.9 Å². The molecular formula is C10H12O2S. The molecule has 13 heavy (non-hydrogen) atoms. The van der Waals surface area contributed by atoms with Crippen molar-refractivity contribution in [1.29, 1.82) is 0 Å². The van der Waals surface area contributed by atoms with Crippen molar-refractivity contribution in [3.63, 3.8) is 0 Å². The van der Waals surface area contributed by atoms with Crippen molar-refractivity contribution in [3.05, 3.63) is 34.2 Å². The molecular weight excluding hydrogens is 184 g/mol. The van der Waals surface area contributed by atoms with E-state index in [-0.39, 0.29) is 6.10 Å². The van der Waals surface area contributed by atoms with E-state index in [2.05, 4.69) is 0 Å². The lowest BCUT2D eigenvalue weighted by Crippen LogP contribution is -2.11. The lowest BCUT2D eigenvalue weighted by Gasteiger charge is -2.08. The topological polar surface area (TPSA) is 29.5 Å². The normalized spacial score (nSPS) is 18.1. The van der Waals surface area contributed by atoms with Gasteiger partial charge in [0.2, 0.25) is 0 Å². The van der Waals surface area contributed by atoms with Crippen LogP contribution in [0, 0.1) is 0 Å². The zero-order valence-corrected chi connectivity index (χ0v) is 8.09. The summed E-state index contributed by atoms with van der Waals surface area (Å²) >= 11 is 1.68. The largest absolute Gasteiger partial charge is 0.501 e. The summed E-state index contributed by atoms with van der Waals surface area (Å²) in [6.45, 7) is 0.719. The first-order valence-electron chi connectivity index (χ1n) is 4.37. The van der Waals surface area contributed by atoms with Gasteiger partial charge in [0, 0.05) is 17.7 Å². The van der Waals surface area contributed by atoms with Crippen LogP contribution in [0.25, 0.3) is 0 Å². The Labute approximate surface area is 81.5 Å². The summed E-state index contributed by atoms with van der Waals surface area (Å²) in [6, 6.07) is 4.05. The first-order valence-corrected chi connectivity index (χ1v) is 5.25. The summed E-state index contributed by atoms with van der Waals surface area (Å²) < 4.78 is 5.08. The highest BCUT2D eigenvalue weighted by Gasteiger charge is 2.15. The Bertz CT molecular complexity index is 290. The average Bonchev–Trinajstić information content (AvgIpc) is 2.74. The minimum absolute atomic E-state index is 0.360. The van der Waals surface area contributed by atoms with Crippen LogP contribution < -0.4 is 0 Å². The number of hydrogen-bond donors (Lipinski definition) is 1. The van der Waals surface area contributed by atoms with Crippen LogP contribution >= 0.6 is 11.3 Å². The minimum Gasteiger partial charge on any atom is -0.501 e. The molecule has 70 valence electrons. The lowest BCUT2D eigenvalue weighted by molar-refractivity contribution is 0.210. The van der Waals surface area contributed by atoms with Gasteiger partial charge < -0.3 is 9.84 Å². The fourth-order valence-corrected chi connectivity index (χ4v) is 2.14. The molecule has 0 spiro atoms. The predicted octanol–water partition coefficient (Wildman–Crippen LogP) is 1.96.